The second-order valence-electron chi connectivity index (χ2n) is 11.8. The molecule has 5 heterocycles. The summed E-state index contributed by atoms with van der Waals surface area (Å²) in [7, 11) is 6.19. The Morgan fingerprint density at radius 1 is 1.00 bits per heavy atom. The lowest BCUT2D eigenvalue weighted by Crippen LogP contribution is -2.56. The molecule has 0 aliphatic carbocycles. The van der Waals surface area contributed by atoms with Crippen LogP contribution in [0.4, 0.5) is 5.69 Å². The number of piperazine rings is 1. The summed E-state index contributed by atoms with van der Waals surface area (Å²) in [5.74, 6) is 1.58. The van der Waals surface area contributed by atoms with E-state index in [9.17, 15) is 4.79 Å². The summed E-state index contributed by atoms with van der Waals surface area (Å²) in [6.45, 7) is 6.75. The van der Waals surface area contributed by atoms with E-state index in [0.717, 1.165) is 78.3 Å². The van der Waals surface area contributed by atoms with Crippen LogP contribution in [0.25, 0.3) is 33.3 Å². The van der Waals surface area contributed by atoms with Crippen molar-refractivity contribution in [1.29, 1.82) is 0 Å². The molecule has 0 bridgehead atoms. The zero-order valence-electron chi connectivity index (χ0n) is 23.4. The first-order valence-electron chi connectivity index (χ1n) is 14.2. The normalized spacial score (nSPS) is 19.6. The van der Waals surface area contributed by atoms with Crippen LogP contribution in [0.15, 0.2) is 60.9 Å². The molecule has 2 aromatic carbocycles. The van der Waals surface area contributed by atoms with E-state index in [2.05, 4.69) is 58.0 Å². The Kier molecular flexibility index (Phi) is 6.24. The van der Waals surface area contributed by atoms with Crippen LogP contribution in [-0.4, -0.2) is 104 Å². The maximum absolute atomic E-state index is 13.0. The number of rotatable bonds is 5. The molecule has 2 fully saturated rings. The number of hydrogen-bond acceptors (Lipinski definition) is 6. The van der Waals surface area contributed by atoms with Crippen molar-refractivity contribution in [3.05, 3.63) is 66.5 Å². The molecule has 8 heteroatoms. The van der Waals surface area contributed by atoms with Crippen LogP contribution in [-0.2, 0) is 0 Å². The number of likely N-dealkylation sites (N-methyl/N-ethyl adjacent to an activating group) is 1. The number of hydrogen-bond donors (Lipinski definition) is 1. The number of nitrogens with zero attached hydrogens (tertiary/aromatic N) is 5. The fraction of sp³-hybridized carbons (Fsp3) is 0.375. The number of nitrogens with one attached hydrogen (secondary N) is 1. The number of fused-ring (bicyclic) bond motifs is 4. The maximum atomic E-state index is 13.0. The van der Waals surface area contributed by atoms with Gasteiger partial charge in [0, 0.05) is 86.7 Å². The van der Waals surface area contributed by atoms with Crippen molar-refractivity contribution in [3.8, 4) is 28.0 Å². The fourth-order valence-electron chi connectivity index (χ4n) is 6.53. The number of pyridine rings is 1. The van der Waals surface area contributed by atoms with Gasteiger partial charge in [-0.15, -0.1) is 0 Å². The Balaban J connectivity index is 1.12. The molecule has 2 saturated heterocycles. The van der Waals surface area contributed by atoms with Gasteiger partial charge in [0.05, 0.1) is 11.7 Å². The fourth-order valence-corrected chi connectivity index (χ4v) is 6.53. The van der Waals surface area contributed by atoms with Crippen molar-refractivity contribution in [2.24, 2.45) is 5.92 Å². The van der Waals surface area contributed by atoms with Gasteiger partial charge in [0.25, 0.3) is 5.91 Å². The average Bonchev–Trinajstić information content (AvgIpc) is 3.39. The molecule has 4 aromatic rings. The minimum absolute atomic E-state index is 0.0708. The molecular formula is C32H36N6O2. The molecule has 1 N–H and O–H groups in total. The molecule has 206 valence electrons. The molecule has 7 rings (SSSR count). The van der Waals surface area contributed by atoms with Gasteiger partial charge in [-0.2, -0.15) is 0 Å². The topological polar surface area (TPSA) is 67.9 Å². The largest absolute Gasteiger partial charge is 0.489 e. The molecule has 0 saturated carbocycles. The van der Waals surface area contributed by atoms with Crippen LogP contribution in [0.5, 0.6) is 5.75 Å². The summed E-state index contributed by atoms with van der Waals surface area (Å²) < 4.78 is 6.22. The minimum atomic E-state index is 0.0708. The van der Waals surface area contributed by atoms with Crippen LogP contribution >= 0.6 is 0 Å². The molecule has 8 nitrogen and oxygen atoms in total. The number of anilines is 1. The Hall–Kier alpha value is -3.88. The van der Waals surface area contributed by atoms with Crippen molar-refractivity contribution in [2.45, 2.75) is 6.04 Å². The van der Waals surface area contributed by atoms with Crippen molar-refractivity contribution in [1.82, 2.24) is 24.7 Å². The van der Waals surface area contributed by atoms with Crippen molar-refractivity contribution < 1.29 is 9.53 Å². The lowest BCUT2D eigenvalue weighted by atomic mass is 9.99. The number of likely N-dealkylation sites (tertiary alicyclic amines) is 1. The predicted molar refractivity (Wildman–Crippen MR) is 159 cm³/mol. The van der Waals surface area contributed by atoms with Gasteiger partial charge in [-0.1, -0.05) is 18.2 Å². The molecule has 0 radical (unpaired) electrons. The molecule has 0 spiro atoms. The van der Waals surface area contributed by atoms with Crippen molar-refractivity contribution in [3.63, 3.8) is 0 Å². The number of aromatic nitrogens is 2. The van der Waals surface area contributed by atoms with E-state index >= 15 is 0 Å². The van der Waals surface area contributed by atoms with Gasteiger partial charge in [-0.25, -0.2) is 4.98 Å². The number of amides is 1. The predicted octanol–water partition coefficient (Wildman–Crippen LogP) is 4.04. The highest BCUT2D eigenvalue weighted by Crippen LogP contribution is 2.39. The van der Waals surface area contributed by atoms with E-state index in [1.165, 1.54) is 5.69 Å². The van der Waals surface area contributed by atoms with Gasteiger partial charge in [0.2, 0.25) is 0 Å². The molecule has 1 atom stereocenters. The van der Waals surface area contributed by atoms with Crippen LogP contribution < -0.4 is 9.64 Å². The highest BCUT2D eigenvalue weighted by atomic mass is 16.5. The number of H-pyrrole nitrogens is 1. The number of carbonyl (C=O) groups is 1. The number of carbonyl (C=O) groups excluding carboxylic acids is 1. The van der Waals surface area contributed by atoms with Gasteiger partial charge in [-0.05, 0) is 55.6 Å². The maximum Gasteiger partial charge on any atom is 0.253 e. The van der Waals surface area contributed by atoms with E-state index in [-0.39, 0.29) is 5.91 Å². The van der Waals surface area contributed by atoms with E-state index in [1.54, 1.807) is 0 Å². The third-order valence-electron chi connectivity index (χ3n) is 8.71. The third kappa shape index (κ3) is 4.51. The van der Waals surface area contributed by atoms with Crippen LogP contribution in [0, 0.1) is 5.92 Å². The van der Waals surface area contributed by atoms with E-state index in [1.807, 2.05) is 48.6 Å². The molecule has 1 amide bonds. The summed E-state index contributed by atoms with van der Waals surface area (Å²) in [6.07, 6.45) is 3.92. The van der Waals surface area contributed by atoms with Crippen LogP contribution in [0.2, 0.25) is 0 Å². The molecular weight excluding hydrogens is 500 g/mol. The quantitative estimate of drug-likeness (QED) is 0.415. The zero-order valence-corrected chi connectivity index (χ0v) is 23.4. The Morgan fingerprint density at radius 3 is 2.60 bits per heavy atom. The average molecular weight is 537 g/mol. The van der Waals surface area contributed by atoms with Gasteiger partial charge in [0.15, 0.2) is 0 Å². The van der Waals surface area contributed by atoms with E-state index in [4.69, 9.17) is 9.72 Å². The smallest absolute Gasteiger partial charge is 0.253 e. The Labute approximate surface area is 235 Å². The van der Waals surface area contributed by atoms with Gasteiger partial charge in [-0.3, -0.25) is 4.79 Å². The summed E-state index contributed by atoms with van der Waals surface area (Å²) in [5, 5.41) is 1.06. The van der Waals surface area contributed by atoms with Crippen molar-refractivity contribution in [2.75, 3.05) is 71.9 Å². The van der Waals surface area contributed by atoms with Crippen LogP contribution in [0.1, 0.15) is 10.4 Å². The molecule has 3 aliphatic rings. The van der Waals surface area contributed by atoms with E-state index < -0.39 is 0 Å². The van der Waals surface area contributed by atoms with Gasteiger partial charge in [0.1, 0.15) is 18.0 Å². The highest BCUT2D eigenvalue weighted by molar-refractivity contribution is 5.98. The second kappa shape index (κ2) is 9.94. The first-order valence-corrected chi connectivity index (χ1v) is 14.2. The Morgan fingerprint density at radius 2 is 1.80 bits per heavy atom. The SMILES string of the molecule is CN1CC(CN(C)C(=O)c2ccc(-c3c[nH]c4ncc(-c5ccc6c(c5)OCC5CN(C)CCN65)cc34)cc2)C1. The number of aromatic amines is 1. The lowest BCUT2D eigenvalue weighted by Gasteiger charge is -2.44. The number of ether oxygens (including phenoxy) is 1. The standard InChI is InChI=1S/C32H36N6O2/c1-35-10-11-38-26(19-35)20-40-30-13-24(8-9-29(30)38)25-12-27-28(15-34-31(27)33-14-25)22-4-6-23(7-5-22)32(39)37(3)18-21-16-36(2)17-21/h4-9,12-15,21,26H,10-11,16-20H2,1-3H3,(H,33,34). The lowest BCUT2D eigenvalue weighted by molar-refractivity contribution is 0.0646. The Bertz CT molecular complexity index is 1560. The van der Waals surface area contributed by atoms with Crippen LogP contribution in [0.3, 0.4) is 0 Å². The van der Waals surface area contributed by atoms with Gasteiger partial charge >= 0.3 is 0 Å². The summed E-state index contributed by atoms with van der Waals surface area (Å²) >= 11 is 0. The third-order valence-corrected chi connectivity index (χ3v) is 8.71. The first-order chi connectivity index (χ1) is 19.4. The summed E-state index contributed by atoms with van der Waals surface area (Å²) in [4.78, 5) is 30.0. The summed E-state index contributed by atoms with van der Waals surface area (Å²) in [6, 6.07) is 17.1. The molecule has 1 unspecified atom stereocenters. The van der Waals surface area contributed by atoms with E-state index in [0.29, 0.717) is 24.1 Å². The zero-order chi connectivity index (χ0) is 27.4. The minimum Gasteiger partial charge on any atom is -0.489 e. The van der Waals surface area contributed by atoms with Crippen molar-refractivity contribution >= 4 is 22.6 Å². The monoisotopic (exact) mass is 536 g/mol. The first kappa shape index (κ1) is 25.1. The molecule has 40 heavy (non-hydrogen) atoms. The second-order valence-corrected chi connectivity index (χ2v) is 11.8. The summed E-state index contributed by atoms with van der Waals surface area (Å²) in [5.41, 5.74) is 7.02. The number of benzene rings is 2. The van der Waals surface area contributed by atoms with Gasteiger partial charge < -0.3 is 29.3 Å². The highest BCUT2D eigenvalue weighted by Gasteiger charge is 2.32. The molecule has 3 aliphatic heterocycles. The molecule has 2 aromatic heterocycles.